The van der Waals surface area contributed by atoms with Crippen molar-refractivity contribution in [1.82, 2.24) is 15.5 Å². The maximum Gasteiger partial charge on any atom is 0.226 e. The van der Waals surface area contributed by atoms with Crippen molar-refractivity contribution in [3.8, 4) is 0 Å². The number of hydrogen-bond acceptors (Lipinski definition) is 5. The van der Waals surface area contributed by atoms with Crippen molar-refractivity contribution < 1.29 is 9.32 Å². The van der Waals surface area contributed by atoms with Gasteiger partial charge in [0.05, 0.1) is 0 Å². The van der Waals surface area contributed by atoms with Gasteiger partial charge in [-0.15, -0.1) is 12.4 Å². The van der Waals surface area contributed by atoms with Crippen LogP contribution in [0.5, 0.6) is 0 Å². The molecule has 0 radical (unpaired) electrons. The van der Waals surface area contributed by atoms with Crippen LogP contribution in [-0.2, 0) is 17.6 Å². The van der Waals surface area contributed by atoms with Gasteiger partial charge in [-0.25, -0.2) is 0 Å². The minimum atomic E-state index is 0. The van der Waals surface area contributed by atoms with Crippen LogP contribution in [0.2, 0.25) is 0 Å². The second-order valence-corrected chi connectivity index (χ2v) is 4.55. The third kappa shape index (κ3) is 8.12. The predicted octanol–water partition coefficient (Wildman–Crippen LogP) is 1.62. The minimum absolute atomic E-state index is 0. The van der Waals surface area contributed by atoms with Gasteiger partial charge in [0.15, 0.2) is 5.82 Å². The van der Waals surface area contributed by atoms with E-state index in [4.69, 9.17) is 10.3 Å². The Labute approximate surface area is 126 Å². The second kappa shape index (κ2) is 11.7. The van der Waals surface area contributed by atoms with Gasteiger partial charge < -0.3 is 15.6 Å². The van der Waals surface area contributed by atoms with Crippen LogP contribution in [0.15, 0.2) is 4.52 Å². The van der Waals surface area contributed by atoms with Crippen molar-refractivity contribution in [2.75, 3.05) is 13.1 Å². The van der Waals surface area contributed by atoms with E-state index in [1.807, 2.05) is 0 Å². The highest BCUT2D eigenvalue weighted by Gasteiger charge is 2.07. The highest BCUT2D eigenvalue weighted by molar-refractivity contribution is 5.85. The standard InChI is InChI=1S/C13H24N4O2.ClH/c1-2-6-11-16-13(19-17-11)8-5-7-12(18)15-10-4-3-9-14;/h2-10,14H2,1H3,(H,15,18);1H. The zero-order chi connectivity index (χ0) is 13.9. The molecule has 0 aliphatic carbocycles. The maximum absolute atomic E-state index is 11.5. The average Bonchev–Trinajstić information content (AvgIpc) is 2.83. The third-order valence-corrected chi connectivity index (χ3v) is 2.73. The first kappa shape index (κ1) is 18.9. The van der Waals surface area contributed by atoms with E-state index in [-0.39, 0.29) is 18.3 Å². The van der Waals surface area contributed by atoms with Crippen molar-refractivity contribution in [2.45, 2.75) is 51.9 Å². The number of carbonyl (C=O) groups is 1. The number of hydrogen-bond donors (Lipinski definition) is 2. The van der Waals surface area contributed by atoms with Crippen molar-refractivity contribution in [1.29, 1.82) is 0 Å². The van der Waals surface area contributed by atoms with E-state index in [1.54, 1.807) is 0 Å². The number of rotatable bonds is 10. The second-order valence-electron chi connectivity index (χ2n) is 4.55. The molecule has 1 heterocycles. The summed E-state index contributed by atoms with van der Waals surface area (Å²) in [5.74, 6) is 1.45. The summed E-state index contributed by atoms with van der Waals surface area (Å²) in [6.45, 7) is 3.45. The summed E-state index contributed by atoms with van der Waals surface area (Å²) in [5.41, 5.74) is 5.38. The molecule has 0 unspecified atom stereocenters. The first-order valence-electron chi connectivity index (χ1n) is 7.04. The van der Waals surface area contributed by atoms with Crippen molar-refractivity contribution in [3.05, 3.63) is 11.7 Å². The van der Waals surface area contributed by atoms with E-state index in [9.17, 15) is 4.79 Å². The summed E-state index contributed by atoms with van der Waals surface area (Å²) in [6, 6.07) is 0. The number of unbranched alkanes of at least 4 members (excludes halogenated alkanes) is 1. The molecule has 7 heteroatoms. The molecule has 0 aromatic carbocycles. The zero-order valence-corrected chi connectivity index (χ0v) is 12.9. The monoisotopic (exact) mass is 304 g/mol. The van der Waals surface area contributed by atoms with Crippen LogP contribution in [-0.4, -0.2) is 29.1 Å². The van der Waals surface area contributed by atoms with Gasteiger partial charge in [0.25, 0.3) is 0 Å². The quantitative estimate of drug-likeness (QED) is 0.641. The summed E-state index contributed by atoms with van der Waals surface area (Å²) in [6.07, 6.45) is 5.61. The van der Waals surface area contributed by atoms with E-state index in [1.165, 1.54) is 0 Å². The molecule has 6 nitrogen and oxygen atoms in total. The van der Waals surface area contributed by atoms with Crippen molar-refractivity contribution in [2.24, 2.45) is 5.73 Å². The van der Waals surface area contributed by atoms with Crippen LogP contribution in [0, 0.1) is 0 Å². The van der Waals surface area contributed by atoms with E-state index < -0.39 is 0 Å². The number of nitrogens with two attached hydrogens (primary N) is 1. The van der Waals surface area contributed by atoms with Gasteiger partial charge in [-0.3, -0.25) is 4.79 Å². The lowest BCUT2D eigenvalue weighted by Crippen LogP contribution is -2.24. The third-order valence-electron chi connectivity index (χ3n) is 2.73. The summed E-state index contributed by atoms with van der Waals surface area (Å²) >= 11 is 0. The highest BCUT2D eigenvalue weighted by Crippen LogP contribution is 2.04. The summed E-state index contributed by atoms with van der Waals surface area (Å²) < 4.78 is 5.11. The topological polar surface area (TPSA) is 94.0 Å². The van der Waals surface area contributed by atoms with Crippen LogP contribution in [0.1, 0.15) is 50.7 Å². The molecule has 1 amide bonds. The SMILES string of the molecule is CCCc1noc(CCCC(=O)NCCCCN)n1.Cl. The Kier molecular flexibility index (Phi) is 11.0. The van der Waals surface area contributed by atoms with Gasteiger partial charge in [-0.2, -0.15) is 4.98 Å². The van der Waals surface area contributed by atoms with Gasteiger partial charge in [-0.1, -0.05) is 12.1 Å². The summed E-state index contributed by atoms with van der Waals surface area (Å²) in [5, 5.41) is 6.74. The van der Waals surface area contributed by atoms with Crippen LogP contribution >= 0.6 is 12.4 Å². The molecule has 0 bridgehead atoms. The van der Waals surface area contributed by atoms with E-state index in [2.05, 4.69) is 22.4 Å². The number of nitrogens with zero attached hydrogens (tertiary/aromatic N) is 2. The van der Waals surface area contributed by atoms with Gasteiger partial charge in [0.1, 0.15) is 0 Å². The lowest BCUT2D eigenvalue weighted by Gasteiger charge is -2.03. The maximum atomic E-state index is 11.5. The Morgan fingerprint density at radius 3 is 2.80 bits per heavy atom. The first-order valence-corrected chi connectivity index (χ1v) is 7.04. The van der Waals surface area contributed by atoms with Gasteiger partial charge in [0, 0.05) is 25.8 Å². The Morgan fingerprint density at radius 2 is 2.10 bits per heavy atom. The largest absolute Gasteiger partial charge is 0.356 e. The fourth-order valence-electron chi connectivity index (χ4n) is 1.70. The van der Waals surface area contributed by atoms with Crippen LogP contribution in [0.25, 0.3) is 0 Å². The predicted molar refractivity (Wildman–Crippen MR) is 79.8 cm³/mol. The number of aryl methyl sites for hydroxylation is 2. The number of amides is 1. The summed E-state index contributed by atoms with van der Waals surface area (Å²) in [4.78, 5) is 15.8. The smallest absolute Gasteiger partial charge is 0.226 e. The minimum Gasteiger partial charge on any atom is -0.356 e. The van der Waals surface area contributed by atoms with E-state index in [0.717, 1.165) is 37.9 Å². The van der Waals surface area contributed by atoms with Gasteiger partial charge in [0.2, 0.25) is 11.8 Å². The molecule has 20 heavy (non-hydrogen) atoms. The Balaban J connectivity index is 0.00000361. The van der Waals surface area contributed by atoms with E-state index in [0.29, 0.717) is 31.8 Å². The highest BCUT2D eigenvalue weighted by atomic mass is 35.5. The molecule has 0 fully saturated rings. The molecule has 0 spiro atoms. The molecule has 1 rings (SSSR count). The molecule has 116 valence electrons. The summed E-state index contributed by atoms with van der Waals surface area (Å²) in [7, 11) is 0. The first-order chi connectivity index (χ1) is 9.26. The molecule has 3 N–H and O–H groups in total. The molecule has 0 saturated heterocycles. The molecular formula is C13H25ClN4O2. The Morgan fingerprint density at radius 1 is 1.30 bits per heavy atom. The fourth-order valence-corrected chi connectivity index (χ4v) is 1.70. The number of aromatic nitrogens is 2. The van der Waals surface area contributed by atoms with Crippen LogP contribution in [0.4, 0.5) is 0 Å². The molecule has 1 aromatic rings. The number of nitrogens with one attached hydrogen (secondary N) is 1. The molecule has 0 saturated carbocycles. The van der Waals surface area contributed by atoms with Crippen LogP contribution < -0.4 is 11.1 Å². The molecule has 0 aliphatic rings. The average molecular weight is 305 g/mol. The van der Waals surface area contributed by atoms with Gasteiger partial charge in [-0.05, 0) is 32.2 Å². The van der Waals surface area contributed by atoms with Crippen molar-refractivity contribution in [3.63, 3.8) is 0 Å². The number of halogens is 1. The lowest BCUT2D eigenvalue weighted by molar-refractivity contribution is -0.121. The molecule has 1 aromatic heterocycles. The van der Waals surface area contributed by atoms with Crippen LogP contribution in [0.3, 0.4) is 0 Å². The molecular weight excluding hydrogens is 280 g/mol. The zero-order valence-electron chi connectivity index (χ0n) is 12.1. The van der Waals surface area contributed by atoms with Gasteiger partial charge >= 0.3 is 0 Å². The fraction of sp³-hybridized carbons (Fsp3) is 0.769. The molecule has 0 atom stereocenters. The Hall–Kier alpha value is -1.14. The normalized spacial score (nSPS) is 10.1. The van der Waals surface area contributed by atoms with E-state index >= 15 is 0 Å². The molecule has 0 aliphatic heterocycles. The Bertz CT molecular complexity index is 371. The lowest BCUT2D eigenvalue weighted by atomic mass is 10.2. The van der Waals surface area contributed by atoms with Crippen molar-refractivity contribution >= 4 is 18.3 Å². The number of carbonyl (C=O) groups excluding carboxylic acids is 1.